The van der Waals surface area contributed by atoms with E-state index in [0.29, 0.717) is 26.3 Å². The Labute approximate surface area is 119 Å². The molecule has 0 aliphatic carbocycles. The number of hydrogen-bond donors (Lipinski definition) is 1. The molecule has 5 heteroatoms. The summed E-state index contributed by atoms with van der Waals surface area (Å²) in [6, 6.07) is 5.85. The summed E-state index contributed by atoms with van der Waals surface area (Å²) >= 11 is 0. The predicted molar refractivity (Wildman–Crippen MR) is 77.9 cm³/mol. The van der Waals surface area contributed by atoms with Gasteiger partial charge >= 0.3 is 5.97 Å². The lowest BCUT2D eigenvalue weighted by Gasteiger charge is -2.41. The first kappa shape index (κ1) is 14.7. The molecule has 1 aliphatic heterocycles. The number of hydrogen-bond acceptors (Lipinski definition) is 5. The molecule has 5 nitrogen and oxygen atoms in total. The van der Waals surface area contributed by atoms with Gasteiger partial charge in [-0.2, -0.15) is 0 Å². The zero-order valence-electron chi connectivity index (χ0n) is 12.3. The maximum atomic E-state index is 12.2. The largest absolute Gasteiger partial charge is 0.490 e. The van der Waals surface area contributed by atoms with E-state index >= 15 is 0 Å². The third-order valence-corrected chi connectivity index (χ3v) is 3.57. The summed E-state index contributed by atoms with van der Waals surface area (Å²) in [5, 5.41) is 0. The van der Waals surface area contributed by atoms with E-state index < -0.39 is 5.54 Å². The van der Waals surface area contributed by atoms with Crippen LogP contribution in [0.5, 0.6) is 5.75 Å². The Kier molecular flexibility index (Phi) is 4.18. The van der Waals surface area contributed by atoms with Crippen molar-refractivity contribution >= 4 is 11.7 Å². The number of esters is 1. The second kappa shape index (κ2) is 5.71. The number of carbonyl (C=O) groups excluding carboxylic acids is 1. The first-order valence-corrected chi connectivity index (χ1v) is 6.91. The molecule has 0 saturated heterocycles. The van der Waals surface area contributed by atoms with Crippen molar-refractivity contribution in [3.05, 3.63) is 23.8 Å². The van der Waals surface area contributed by atoms with Gasteiger partial charge in [0.15, 0.2) is 0 Å². The van der Waals surface area contributed by atoms with Gasteiger partial charge in [-0.1, -0.05) is 6.07 Å². The second-order valence-electron chi connectivity index (χ2n) is 5.29. The number of fused-ring (bicyclic) bond motifs is 1. The van der Waals surface area contributed by atoms with Crippen LogP contribution in [-0.2, 0) is 16.1 Å². The molecule has 0 saturated carbocycles. The number of rotatable bonds is 4. The summed E-state index contributed by atoms with van der Waals surface area (Å²) in [6.07, 6.45) is 0. The lowest BCUT2D eigenvalue weighted by atomic mass is 10.00. The van der Waals surface area contributed by atoms with Gasteiger partial charge in [0.25, 0.3) is 0 Å². The SMILES string of the molecule is CCOC(=O)C(C)(C)N1CCOc2cc(CN)ccc21. The maximum absolute atomic E-state index is 12.2. The van der Waals surface area contributed by atoms with Gasteiger partial charge < -0.3 is 20.1 Å². The van der Waals surface area contributed by atoms with E-state index in [0.717, 1.165) is 17.0 Å². The van der Waals surface area contributed by atoms with Crippen molar-refractivity contribution < 1.29 is 14.3 Å². The van der Waals surface area contributed by atoms with Crippen molar-refractivity contribution in [2.75, 3.05) is 24.7 Å². The van der Waals surface area contributed by atoms with Crippen molar-refractivity contribution in [3.8, 4) is 5.75 Å². The first-order valence-electron chi connectivity index (χ1n) is 6.91. The molecule has 20 heavy (non-hydrogen) atoms. The molecule has 1 aromatic rings. The van der Waals surface area contributed by atoms with Crippen LogP contribution >= 0.6 is 0 Å². The minimum atomic E-state index is -0.723. The quantitative estimate of drug-likeness (QED) is 0.849. The average Bonchev–Trinajstić information content (AvgIpc) is 2.46. The molecule has 0 bridgehead atoms. The molecule has 2 N–H and O–H groups in total. The van der Waals surface area contributed by atoms with Crippen LogP contribution in [0.3, 0.4) is 0 Å². The topological polar surface area (TPSA) is 64.8 Å². The Morgan fingerprint density at radius 1 is 1.50 bits per heavy atom. The molecule has 1 aromatic carbocycles. The molecular formula is C15H22N2O3. The first-order chi connectivity index (χ1) is 9.50. The number of benzene rings is 1. The molecular weight excluding hydrogens is 256 g/mol. The van der Waals surface area contributed by atoms with Gasteiger partial charge in [0.2, 0.25) is 0 Å². The molecule has 0 atom stereocenters. The summed E-state index contributed by atoms with van der Waals surface area (Å²) in [7, 11) is 0. The van der Waals surface area contributed by atoms with Gasteiger partial charge in [-0.3, -0.25) is 0 Å². The fourth-order valence-electron chi connectivity index (χ4n) is 2.39. The molecule has 0 amide bonds. The smallest absolute Gasteiger partial charge is 0.331 e. The molecule has 2 rings (SSSR count). The monoisotopic (exact) mass is 278 g/mol. The van der Waals surface area contributed by atoms with Gasteiger partial charge in [-0.15, -0.1) is 0 Å². The summed E-state index contributed by atoms with van der Waals surface area (Å²) < 4.78 is 10.9. The van der Waals surface area contributed by atoms with Crippen LogP contribution in [0, 0.1) is 0 Å². The van der Waals surface area contributed by atoms with Crippen LogP contribution in [0.4, 0.5) is 5.69 Å². The van der Waals surface area contributed by atoms with Gasteiger partial charge in [0.1, 0.15) is 17.9 Å². The van der Waals surface area contributed by atoms with Crippen LogP contribution < -0.4 is 15.4 Å². The Bertz CT molecular complexity index is 500. The highest BCUT2D eigenvalue weighted by molar-refractivity contribution is 5.85. The van der Waals surface area contributed by atoms with E-state index in [9.17, 15) is 4.79 Å². The molecule has 1 heterocycles. The van der Waals surface area contributed by atoms with Gasteiger partial charge in [-0.25, -0.2) is 4.79 Å². The molecule has 0 fully saturated rings. The Balaban J connectivity index is 2.34. The Morgan fingerprint density at radius 3 is 2.90 bits per heavy atom. The number of ether oxygens (including phenoxy) is 2. The maximum Gasteiger partial charge on any atom is 0.331 e. The third-order valence-electron chi connectivity index (χ3n) is 3.57. The minimum absolute atomic E-state index is 0.226. The lowest BCUT2D eigenvalue weighted by molar-refractivity contribution is -0.148. The van der Waals surface area contributed by atoms with Crippen LogP contribution in [0.15, 0.2) is 18.2 Å². The number of nitrogens with two attached hydrogens (primary N) is 1. The van der Waals surface area contributed by atoms with E-state index in [-0.39, 0.29) is 5.97 Å². The van der Waals surface area contributed by atoms with Crippen LogP contribution in [0.25, 0.3) is 0 Å². The van der Waals surface area contributed by atoms with E-state index in [1.54, 1.807) is 0 Å². The number of nitrogens with zero attached hydrogens (tertiary/aromatic N) is 1. The number of carbonyl (C=O) groups is 1. The van der Waals surface area contributed by atoms with Crippen molar-refractivity contribution in [1.82, 2.24) is 0 Å². The van der Waals surface area contributed by atoms with E-state index in [1.807, 2.05) is 43.9 Å². The minimum Gasteiger partial charge on any atom is -0.490 e. The lowest BCUT2D eigenvalue weighted by Crippen LogP contribution is -2.54. The molecule has 0 unspecified atom stereocenters. The highest BCUT2D eigenvalue weighted by Gasteiger charge is 2.38. The van der Waals surface area contributed by atoms with Gasteiger partial charge in [0.05, 0.1) is 18.8 Å². The fraction of sp³-hybridized carbons (Fsp3) is 0.533. The molecule has 1 aliphatic rings. The van der Waals surface area contributed by atoms with Crippen molar-refractivity contribution in [3.63, 3.8) is 0 Å². The van der Waals surface area contributed by atoms with Crippen LogP contribution in [0.1, 0.15) is 26.3 Å². The standard InChI is InChI=1S/C15H22N2O3/c1-4-19-14(18)15(2,3)17-7-8-20-13-9-11(10-16)5-6-12(13)17/h5-6,9H,4,7-8,10,16H2,1-3H3. The van der Waals surface area contributed by atoms with E-state index in [2.05, 4.69) is 0 Å². The number of anilines is 1. The van der Waals surface area contributed by atoms with Crippen molar-refractivity contribution in [2.45, 2.75) is 32.9 Å². The predicted octanol–water partition coefficient (Wildman–Crippen LogP) is 1.69. The molecule has 0 radical (unpaired) electrons. The average molecular weight is 278 g/mol. The summed E-state index contributed by atoms with van der Waals surface area (Å²) in [5.41, 5.74) is 6.85. The van der Waals surface area contributed by atoms with Crippen molar-refractivity contribution in [1.29, 1.82) is 0 Å². The molecule has 0 spiro atoms. The zero-order valence-corrected chi connectivity index (χ0v) is 12.3. The van der Waals surface area contributed by atoms with E-state index in [1.165, 1.54) is 0 Å². The zero-order chi connectivity index (χ0) is 14.8. The molecule has 0 aromatic heterocycles. The summed E-state index contributed by atoms with van der Waals surface area (Å²) in [6.45, 7) is 7.61. The normalized spacial score (nSPS) is 14.5. The highest BCUT2D eigenvalue weighted by atomic mass is 16.5. The Hall–Kier alpha value is -1.75. The fourth-order valence-corrected chi connectivity index (χ4v) is 2.39. The van der Waals surface area contributed by atoms with Gasteiger partial charge in [-0.05, 0) is 38.5 Å². The third kappa shape index (κ3) is 2.58. The van der Waals surface area contributed by atoms with Gasteiger partial charge in [0, 0.05) is 6.54 Å². The Morgan fingerprint density at radius 2 is 2.25 bits per heavy atom. The summed E-state index contributed by atoms with van der Waals surface area (Å²) in [5.74, 6) is 0.548. The second-order valence-corrected chi connectivity index (χ2v) is 5.29. The summed E-state index contributed by atoms with van der Waals surface area (Å²) in [4.78, 5) is 14.2. The van der Waals surface area contributed by atoms with Crippen molar-refractivity contribution in [2.24, 2.45) is 5.73 Å². The van der Waals surface area contributed by atoms with Crippen LogP contribution in [-0.4, -0.2) is 31.3 Å². The highest BCUT2D eigenvalue weighted by Crippen LogP contribution is 2.37. The van der Waals surface area contributed by atoms with Crippen LogP contribution in [0.2, 0.25) is 0 Å². The molecule has 110 valence electrons. The van der Waals surface area contributed by atoms with E-state index in [4.69, 9.17) is 15.2 Å².